The normalized spacial score (nSPS) is 30.8. The third kappa shape index (κ3) is 2.11. The molecule has 164 valence electrons. The van der Waals surface area contributed by atoms with Gasteiger partial charge in [-0.15, -0.1) is 0 Å². The number of fused-ring (bicyclic) bond motifs is 7. The molecule has 3 saturated heterocycles. The highest BCUT2D eigenvalue weighted by molar-refractivity contribution is 6.26. The molecule has 4 aliphatic rings. The van der Waals surface area contributed by atoms with Gasteiger partial charge in [-0.3, -0.25) is 19.3 Å². The Morgan fingerprint density at radius 1 is 0.938 bits per heavy atom. The first-order valence-electron chi connectivity index (χ1n) is 11.4. The standard InChI is InChI=1S/C26H27N3O3/c1-13-7-9-17(12-15(13)3)29-23(30)20-19-6-5-11-28(19)26(21(20)24(29)31)18-10-8-14(2)16(4)22(18)27-25(26)32/h7-10,12,19-21H,5-6,11H2,1-4H3,(H,27,32)/t19-,20+,21-,26+/m0/s1. The predicted octanol–water partition coefficient (Wildman–Crippen LogP) is 3.35. The molecule has 6 rings (SSSR count). The zero-order chi connectivity index (χ0) is 22.5. The van der Waals surface area contributed by atoms with Gasteiger partial charge in [0, 0.05) is 17.3 Å². The van der Waals surface area contributed by atoms with Crippen LogP contribution in [0.1, 0.15) is 40.7 Å². The number of rotatable bonds is 1. The van der Waals surface area contributed by atoms with E-state index in [1.807, 2.05) is 58.0 Å². The van der Waals surface area contributed by atoms with Crippen LogP contribution in [0.4, 0.5) is 11.4 Å². The summed E-state index contributed by atoms with van der Waals surface area (Å²) in [4.78, 5) is 45.0. The second-order valence-electron chi connectivity index (χ2n) is 9.84. The minimum atomic E-state index is -1.11. The van der Waals surface area contributed by atoms with Crippen molar-refractivity contribution in [1.82, 2.24) is 4.90 Å². The van der Waals surface area contributed by atoms with E-state index >= 15 is 0 Å². The highest BCUT2D eigenvalue weighted by atomic mass is 16.2. The van der Waals surface area contributed by atoms with Gasteiger partial charge in [0.1, 0.15) is 5.54 Å². The molecule has 0 aliphatic carbocycles. The number of nitrogens with one attached hydrogen (secondary N) is 1. The van der Waals surface area contributed by atoms with Crippen LogP contribution in [0.15, 0.2) is 30.3 Å². The van der Waals surface area contributed by atoms with Crippen molar-refractivity contribution < 1.29 is 14.4 Å². The van der Waals surface area contributed by atoms with Crippen molar-refractivity contribution in [1.29, 1.82) is 0 Å². The lowest BCUT2D eigenvalue weighted by Crippen LogP contribution is -2.54. The fourth-order valence-electron chi connectivity index (χ4n) is 6.64. The summed E-state index contributed by atoms with van der Waals surface area (Å²) in [6.07, 6.45) is 1.75. The molecule has 0 saturated carbocycles. The van der Waals surface area contributed by atoms with Gasteiger partial charge in [0.05, 0.1) is 17.5 Å². The molecule has 3 amide bonds. The minimum Gasteiger partial charge on any atom is -0.324 e. The Kier molecular flexibility index (Phi) is 3.87. The number of nitrogens with zero attached hydrogens (tertiary/aromatic N) is 2. The van der Waals surface area contributed by atoms with Gasteiger partial charge in [-0.05, 0) is 81.5 Å². The first-order valence-corrected chi connectivity index (χ1v) is 11.4. The summed E-state index contributed by atoms with van der Waals surface area (Å²) in [5, 5.41) is 3.11. The molecule has 4 heterocycles. The van der Waals surface area contributed by atoms with E-state index in [-0.39, 0.29) is 23.8 Å². The summed E-state index contributed by atoms with van der Waals surface area (Å²) in [6.45, 7) is 8.74. The zero-order valence-corrected chi connectivity index (χ0v) is 18.9. The summed E-state index contributed by atoms with van der Waals surface area (Å²) >= 11 is 0. The topological polar surface area (TPSA) is 69.7 Å². The van der Waals surface area contributed by atoms with Gasteiger partial charge in [-0.25, -0.2) is 4.90 Å². The average Bonchev–Trinajstić information content (AvgIpc) is 3.46. The van der Waals surface area contributed by atoms with Crippen molar-refractivity contribution in [2.75, 3.05) is 16.8 Å². The molecule has 4 aliphatic heterocycles. The molecule has 2 aromatic carbocycles. The van der Waals surface area contributed by atoms with E-state index in [1.165, 1.54) is 4.90 Å². The van der Waals surface area contributed by atoms with Crippen LogP contribution in [-0.4, -0.2) is 35.2 Å². The van der Waals surface area contributed by atoms with Crippen LogP contribution < -0.4 is 10.2 Å². The Morgan fingerprint density at radius 2 is 1.69 bits per heavy atom. The van der Waals surface area contributed by atoms with Gasteiger partial charge < -0.3 is 5.32 Å². The van der Waals surface area contributed by atoms with Gasteiger partial charge >= 0.3 is 0 Å². The zero-order valence-electron chi connectivity index (χ0n) is 18.9. The highest BCUT2D eigenvalue weighted by Gasteiger charge is 2.74. The van der Waals surface area contributed by atoms with E-state index in [0.717, 1.165) is 52.9 Å². The van der Waals surface area contributed by atoms with Crippen LogP contribution >= 0.6 is 0 Å². The lowest BCUT2D eigenvalue weighted by atomic mass is 9.75. The quantitative estimate of drug-likeness (QED) is 0.706. The van der Waals surface area contributed by atoms with Crippen LogP contribution in [0.2, 0.25) is 0 Å². The summed E-state index contributed by atoms with van der Waals surface area (Å²) in [5.74, 6) is -1.78. The molecule has 6 heteroatoms. The third-order valence-corrected chi connectivity index (χ3v) is 8.45. The SMILES string of the molecule is Cc1ccc(N2C(=O)[C@H]3[C@@H](C2=O)[C@]2(C(=O)Nc4c2ccc(C)c4C)N2CCC[C@@H]32)cc1C. The molecule has 32 heavy (non-hydrogen) atoms. The highest BCUT2D eigenvalue weighted by Crippen LogP contribution is 2.61. The van der Waals surface area contributed by atoms with Crippen molar-refractivity contribution in [3.63, 3.8) is 0 Å². The van der Waals surface area contributed by atoms with Gasteiger partial charge in [-0.2, -0.15) is 0 Å². The maximum atomic E-state index is 14.0. The van der Waals surface area contributed by atoms with E-state index in [0.29, 0.717) is 5.69 Å². The molecular weight excluding hydrogens is 402 g/mol. The van der Waals surface area contributed by atoms with Crippen LogP contribution in [0, 0.1) is 39.5 Å². The number of amides is 3. The van der Waals surface area contributed by atoms with E-state index in [4.69, 9.17) is 0 Å². The first-order chi connectivity index (χ1) is 15.3. The second kappa shape index (κ2) is 6.29. The lowest BCUT2D eigenvalue weighted by molar-refractivity contribution is -0.135. The number of benzene rings is 2. The molecule has 0 aromatic heterocycles. The Morgan fingerprint density at radius 3 is 2.44 bits per heavy atom. The van der Waals surface area contributed by atoms with Gasteiger partial charge in [0.25, 0.3) is 0 Å². The lowest BCUT2D eigenvalue weighted by Gasteiger charge is -2.36. The molecule has 6 nitrogen and oxygen atoms in total. The number of imide groups is 1. The number of hydrogen-bond donors (Lipinski definition) is 1. The molecule has 0 radical (unpaired) electrons. The summed E-state index contributed by atoms with van der Waals surface area (Å²) in [7, 11) is 0. The summed E-state index contributed by atoms with van der Waals surface area (Å²) in [5.41, 5.74) is 5.43. The fraction of sp³-hybridized carbons (Fsp3) is 0.423. The fourth-order valence-corrected chi connectivity index (χ4v) is 6.64. The molecule has 2 aromatic rings. The van der Waals surface area contributed by atoms with Crippen molar-refractivity contribution in [3.8, 4) is 0 Å². The molecular formula is C26H27N3O3. The molecule has 3 fully saturated rings. The van der Waals surface area contributed by atoms with Crippen LogP contribution in [0.25, 0.3) is 0 Å². The monoisotopic (exact) mass is 429 g/mol. The minimum absolute atomic E-state index is 0.0914. The Bertz CT molecular complexity index is 1240. The largest absolute Gasteiger partial charge is 0.324 e. The van der Waals surface area contributed by atoms with E-state index in [1.54, 1.807) is 0 Å². The van der Waals surface area contributed by atoms with Crippen LogP contribution in [-0.2, 0) is 19.9 Å². The number of aryl methyl sites for hydroxylation is 3. The average molecular weight is 430 g/mol. The molecule has 4 atom stereocenters. The summed E-state index contributed by atoms with van der Waals surface area (Å²) < 4.78 is 0. The van der Waals surface area contributed by atoms with E-state index in [2.05, 4.69) is 10.2 Å². The summed E-state index contributed by atoms with van der Waals surface area (Å²) in [6, 6.07) is 9.61. The smallest absolute Gasteiger partial charge is 0.250 e. The second-order valence-corrected chi connectivity index (χ2v) is 9.84. The number of anilines is 2. The van der Waals surface area contributed by atoms with Gasteiger partial charge in [0.15, 0.2) is 0 Å². The number of carbonyl (C=O) groups is 3. The van der Waals surface area contributed by atoms with Crippen molar-refractivity contribution in [3.05, 3.63) is 58.1 Å². The van der Waals surface area contributed by atoms with Crippen molar-refractivity contribution >= 4 is 29.1 Å². The number of carbonyl (C=O) groups excluding carboxylic acids is 3. The maximum absolute atomic E-state index is 14.0. The number of hydrogen-bond acceptors (Lipinski definition) is 4. The first kappa shape index (κ1) is 19.7. The molecule has 0 bridgehead atoms. The van der Waals surface area contributed by atoms with E-state index in [9.17, 15) is 14.4 Å². The van der Waals surface area contributed by atoms with Gasteiger partial charge in [-0.1, -0.05) is 18.2 Å². The Labute approximate surface area is 187 Å². The molecule has 0 unspecified atom stereocenters. The van der Waals surface area contributed by atoms with Crippen molar-refractivity contribution in [2.45, 2.75) is 52.1 Å². The Balaban J connectivity index is 1.56. The predicted molar refractivity (Wildman–Crippen MR) is 121 cm³/mol. The van der Waals surface area contributed by atoms with Gasteiger partial charge in [0.2, 0.25) is 17.7 Å². The van der Waals surface area contributed by atoms with E-state index < -0.39 is 17.4 Å². The van der Waals surface area contributed by atoms with Crippen LogP contribution in [0.5, 0.6) is 0 Å². The molecule has 1 N–H and O–H groups in total. The maximum Gasteiger partial charge on any atom is 0.250 e. The van der Waals surface area contributed by atoms with Crippen molar-refractivity contribution in [2.24, 2.45) is 11.8 Å². The van der Waals surface area contributed by atoms with Crippen LogP contribution in [0.3, 0.4) is 0 Å². The third-order valence-electron chi connectivity index (χ3n) is 8.45. The molecule has 1 spiro atoms. The Hall–Kier alpha value is -2.99.